The Morgan fingerprint density at radius 1 is 1.12 bits per heavy atom. The lowest BCUT2D eigenvalue weighted by molar-refractivity contribution is -0.123. The monoisotopic (exact) mass is 364 g/mol. The van der Waals surface area contributed by atoms with Gasteiger partial charge in [0.1, 0.15) is 11.5 Å². The Balaban J connectivity index is 1.86. The lowest BCUT2D eigenvalue weighted by Crippen LogP contribution is -2.30. The van der Waals surface area contributed by atoms with Gasteiger partial charge in [-0.1, -0.05) is 47.5 Å². The Morgan fingerprint density at radius 3 is 2.58 bits per heavy atom. The molecule has 0 atom stereocenters. The van der Waals surface area contributed by atoms with Gasteiger partial charge in [-0.2, -0.15) is 0 Å². The molecule has 0 aromatic heterocycles. The van der Waals surface area contributed by atoms with E-state index >= 15 is 0 Å². The number of halogens is 3. The summed E-state index contributed by atoms with van der Waals surface area (Å²) in [4.78, 5) is 25.4. The molecule has 0 spiro atoms. The van der Waals surface area contributed by atoms with Crippen molar-refractivity contribution in [1.29, 1.82) is 0 Å². The third-order valence-corrected chi connectivity index (χ3v) is 4.07. The highest BCUT2D eigenvalue weighted by molar-refractivity contribution is 6.35. The summed E-state index contributed by atoms with van der Waals surface area (Å²) in [5.41, 5.74) is 0.866. The highest BCUT2D eigenvalue weighted by atomic mass is 35.5. The van der Waals surface area contributed by atoms with Crippen LogP contribution in [-0.2, 0) is 11.3 Å². The molecule has 0 radical (unpaired) electrons. The van der Waals surface area contributed by atoms with Crippen molar-refractivity contribution in [3.05, 3.63) is 75.2 Å². The van der Waals surface area contributed by atoms with Gasteiger partial charge < -0.3 is 5.32 Å². The molecule has 0 aliphatic carbocycles. The van der Waals surface area contributed by atoms with Crippen LogP contribution in [0.4, 0.5) is 9.18 Å². The van der Waals surface area contributed by atoms with Gasteiger partial charge in [0.05, 0.1) is 6.54 Å². The molecule has 1 N–H and O–H groups in total. The van der Waals surface area contributed by atoms with Crippen LogP contribution in [0.5, 0.6) is 0 Å². The first-order valence-electron chi connectivity index (χ1n) is 6.98. The highest BCUT2D eigenvalue weighted by Crippen LogP contribution is 2.24. The summed E-state index contributed by atoms with van der Waals surface area (Å²) in [5.74, 6) is -1.02. The molecule has 0 unspecified atom stereocenters. The van der Waals surface area contributed by atoms with E-state index in [0.717, 1.165) is 4.90 Å². The lowest BCUT2D eigenvalue weighted by Gasteiger charge is -2.12. The standard InChI is InChI=1S/C17H11Cl2FN2O2/c18-12-6-5-10(13(19)8-12)7-15-16(23)22(17(24)21-15)9-11-3-1-2-4-14(11)20/h1-8H,9H2,(H,21,24)/b15-7+. The van der Waals surface area contributed by atoms with E-state index < -0.39 is 17.8 Å². The number of nitrogens with zero attached hydrogens (tertiary/aromatic N) is 1. The fraction of sp³-hybridized carbons (Fsp3) is 0.0588. The van der Waals surface area contributed by atoms with Crippen LogP contribution < -0.4 is 5.32 Å². The Kier molecular flexibility index (Phi) is 4.55. The third-order valence-electron chi connectivity index (χ3n) is 3.51. The van der Waals surface area contributed by atoms with Crippen LogP contribution in [0.2, 0.25) is 10.0 Å². The molecule has 0 bridgehead atoms. The largest absolute Gasteiger partial charge is 0.329 e. The number of rotatable bonds is 3. The molecule has 1 aliphatic heterocycles. The van der Waals surface area contributed by atoms with E-state index in [1.54, 1.807) is 24.3 Å². The fourth-order valence-electron chi connectivity index (χ4n) is 2.29. The summed E-state index contributed by atoms with van der Waals surface area (Å²) in [5, 5.41) is 3.28. The molecule has 1 fully saturated rings. The molecule has 4 nitrogen and oxygen atoms in total. The molecule has 2 aromatic carbocycles. The number of imide groups is 1. The number of carbonyl (C=O) groups is 2. The zero-order chi connectivity index (χ0) is 17.3. The molecule has 122 valence electrons. The molecule has 7 heteroatoms. The van der Waals surface area contributed by atoms with Crippen molar-refractivity contribution in [3.8, 4) is 0 Å². The number of carbonyl (C=O) groups excluding carboxylic acids is 2. The minimum Gasteiger partial charge on any atom is -0.303 e. The maximum absolute atomic E-state index is 13.7. The first-order valence-corrected chi connectivity index (χ1v) is 7.74. The minimum atomic E-state index is -0.611. The van der Waals surface area contributed by atoms with Crippen LogP contribution in [0.15, 0.2) is 48.2 Å². The van der Waals surface area contributed by atoms with E-state index in [4.69, 9.17) is 23.2 Å². The van der Waals surface area contributed by atoms with E-state index in [0.29, 0.717) is 15.6 Å². The summed E-state index contributed by atoms with van der Waals surface area (Å²) in [7, 11) is 0. The van der Waals surface area contributed by atoms with Gasteiger partial charge in [0, 0.05) is 15.6 Å². The van der Waals surface area contributed by atoms with Gasteiger partial charge in [0.25, 0.3) is 5.91 Å². The Morgan fingerprint density at radius 2 is 1.88 bits per heavy atom. The quantitative estimate of drug-likeness (QED) is 0.654. The first kappa shape index (κ1) is 16.5. The molecule has 1 saturated heterocycles. The van der Waals surface area contributed by atoms with E-state index in [1.165, 1.54) is 24.3 Å². The lowest BCUT2D eigenvalue weighted by atomic mass is 10.1. The van der Waals surface area contributed by atoms with Crippen LogP contribution in [0.3, 0.4) is 0 Å². The van der Waals surface area contributed by atoms with E-state index in [2.05, 4.69) is 5.32 Å². The first-order chi connectivity index (χ1) is 11.5. The predicted octanol–water partition coefficient (Wildman–Crippen LogP) is 4.23. The van der Waals surface area contributed by atoms with Gasteiger partial charge in [0.2, 0.25) is 0 Å². The van der Waals surface area contributed by atoms with Gasteiger partial charge in [-0.3, -0.25) is 9.69 Å². The molecule has 3 amide bonds. The fourth-order valence-corrected chi connectivity index (χ4v) is 2.75. The number of amides is 3. The zero-order valence-corrected chi connectivity index (χ0v) is 13.7. The summed E-state index contributed by atoms with van der Waals surface area (Å²) >= 11 is 11.9. The Labute approximate surface area is 147 Å². The van der Waals surface area contributed by atoms with Crippen molar-refractivity contribution in [1.82, 2.24) is 10.2 Å². The van der Waals surface area contributed by atoms with Crippen molar-refractivity contribution in [2.45, 2.75) is 6.54 Å². The van der Waals surface area contributed by atoms with E-state index in [1.807, 2.05) is 0 Å². The van der Waals surface area contributed by atoms with Crippen LogP contribution >= 0.6 is 23.2 Å². The Hall–Kier alpha value is -2.37. The second kappa shape index (κ2) is 6.63. The smallest absolute Gasteiger partial charge is 0.303 e. The van der Waals surface area contributed by atoms with Crippen molar-refractivity contribution < 1.29 is 14.0 Å². The number of nitrogens with one attached hydrogen (secondary N) is 1. The van der Waals surface area contributed by atoms with Gasteiger partial charge in [-0.15, -0.1) is 0 Å². The third kappa shape index (κ3) is 3.27. The summed E-state index contributed by atoms with van der Waals surface area (Å²) in [6.07, 6.45) is 1.46. The number of urea groups is 1. The summed E-state index contributed by atoms with van der Waals surface area (Å²) < 4.78 is 13.7. The number of hydrogen-bond donors (Lipinski definition) is 1. The average molecular weight is 365 g/mol. The summed E-state index contributed by atoms with van der Waals surface area (Å²) in [6.45, 7) is -0.150. The van der Waals surface area contributed by atoms with Crippen LogP contribution in [0, 0.1) is 5.82 Å². The average Bonchev–Trinajstić information content (AvgIpc) is 2.79. The van der Waals surface area contributed by atoms with Gasteiger partial charge in [-0.05, 0) is 29.8 Å². The predicted molar refractivity (Wildman–Crippen MR) is 89.9 cm³/mol. The maximum atomic E-state index is 13.7. The molecule has 0 saturated carbocycles. The van der Waals surface area contributed by atoms with E-state index in [9.17, 15) is 14.0 Å². The maximum Gasteiger partial charge on any atom is 0.329 e. The Bertz CT molecular complexity index is 867. The molecular formula is C17H11Cl2FN2O2. The molecule has 1 heterocycles. The normalized spacial score (nSPS) is 16.0. The molecule has 3 rings (SSSR count). The summed E-state index contributed by atoms with van der Waals surface area (Å²) in [6, 6.07) is 10.2. The van der Waals surface area contributed by atoms with Crippen molar-refractivity contribution in [2.75, 3.05) is 0 Å². The van der Waals surface area contributed by atoms with Crippen molar-refractivity contribution in [3.63, 3.8) is 0 Å². The van der Waals surface area contributed by atoms with Crippen LogP contribution in [-0.4, -0.2) is 16.8 Å². The molecule has 1 aliphatic rings. The zero-order valence-electron chi connectivity index (χ0n) is 12.2. The van der Waals surface area contributed by atoms with Crippen molar-refractivity contribution in [2.24, 2.45) is 0 Å². The topological polar surface area (TPSA) is 49.4 Å². The molecular weight excluding hydrogens is 354 g/mol. The van der Waals surface area contributed by atoms with Gasteiger partial charge in [-0.25, -0.2) is 9.18 Å². The highest BCUT2D eigenvalue weighted by Gasteiger charge is 2.34. The van der Waals surface area contributed by atoms with Crippen LogP contribution in [0.1, 0.15) is 11.1 Å². The molecule has 24 heavy (non-hydrogen) atoms. The van der Waals surface area contributed by atoms with Crippen LogP contribution in [0.25, 0.3) is 6.08 Å². The minimum absolute atomic E-state index is 0.0700. The number of hydrogen-bond acceptors (Lipinski definition) is 2. The van der Waals surface area contributed by atoms with Gasteiger partial charge in [0.15, 0.2) is 0 Å². The number of benzene rings is 2. The van der Waals surface area contributed by atoms with E-state index in [-0.39, 0.29) is 17.8 Å². The second-order valence-corrected chi connectivity index (χ2v) is 5.98. The molecule has 2 aromatic rings. The SMILES string of the molecule is O=C1N/C(=C/c2ccc(Cl)cc2Cl)C(=O)N1Cc1ccccc1F. The second-order valence-electron chi connectivity index (χ2n) is 5.14. The van der Waals surface area contributed by atoms with Crippen molar-refractivity contribution >= 4 is 41.2 Å². The van der Waals surface area contributed by atoms with Gasteiger partial charge >= 0.3 is 6.03 Å².